The number of rotatable bonds is 3. The second kappa shape index (κ2) is 4.91. The third-order valence-electron chi connectivity index (χ3n) is 0.201. The summed E-state index contributed by atoms with van der Waals surface area (Å²) < 4.78 is 6.79. The molecule has 0 amide bonds. The van der Waals surface area contributed by atoms with Crippen molar-refractivity contribution >= 4 is 12.2 Å². The van der Waals surface area contributed by atoms with Gasteiger partial charge in [0.2, 0.25) is 0 Å². The molecule has 4 heteroatoms. The highest BCUT2D eigenvalue weighted by Gasteiger charge is 1.75. The lowest BCUT2D eigenvalue weighted by atomic mass is 10.9. The van der Waals surface area contributed by atoms with Gasteiger partial charge >= 0.3 is 0 Å². The van der Waals surface area contributed by atoms with Crippen LogP contribution in [0.1, 0.15) is 6.92 Å². The third kappa shape index (κ3) is 3.91. The Morgan fingerprint density at radius 1 is 2.00 bits per heavy atom. The number of hydrogen-bond donors (Lipinski definition) is 0. The van der Waals surface area contributed by atoms with Crippen molar-refractivity contribution in [1.82, 2.24) is 0 Å². The van der Waals surface area contributed by atoms with Crippen LogP contribution in [0.5, 0.6) is 0 Å². The van der Waals surface area contributed by atoms with E-state index in [2.05, 4.69) is 8.77 Å². The van der Waals surface area contributed by atoms with Crippen LogP contribution < -0.4 is 0 Å². The summed E-state index contributed by atoms with van der Waals surface area (Å²) in [5.41, 5.74) is 0. The van der Waals surface area contributed by atoms with Crippen molar-refractivity contribution < 1.29 is 4.18 Å². The van der Waals surface area contributed by atoms with Crippen molar-refractivity contribution in [3.05, 3.63) is 4.91 Å². The van der Waals surface area contributed by atoms with E-state index in [-0.39, 0.29) is 0 Å². The van der Waals surface area contributed by atoms with Gasteiger partial charge in [0.25, 0.3) is 0 Å². The van der Waals surface area contributed by atoms with E-state index in [0.29, 0.717) is 18.8 Å². The SMILES string of the molecule is CCOSN=O. The van der Waals surface area contributed by atoms with E-state index >= 15 is 0 Å². The van der Waals surface area contributed by atoms with Gasteiger partial charge in [-0.25, -0.2) is 0 Å². The van der Waals surface area contributed by atoms with E-state index in [1.54, 1.807) is 6.92 Å². The first-order valence-corrected chi connectivity index (χ1v) is 2.23. The molecule has 0 rings (SSSR count). The second-order valence-electron chi connectivity index (χ2n) is 0.556. The standard InChI is InChI=1S/C2H5NO2S/c1-2-5-6-3-4/h2H2,1H3. The normalized spacial score (nSPS) is 8.17. The van der Waals surface area contributed by atoms with E-state index in [1.807, 2.05) is 0 Å². The number of nitroso groups, excluding NO2 is 1. The molecule has 0 saturated heterocycles. The summed E-state index contributed by atoms with van der Waals surface area (Å²) in [5.74, 6) is 0. The smallest absolute Gasteiger partial charge is 0.181 e. The Morgan fingerprint density at radius 2 is 2.67 bits per heavy atom. The highest BCUT2D eigenvalue weighted by molar-refractivity contribution is 7.93. The van der Waals surface area contributed by atoms with Gasteiger partial charge in [-0.05, 0) is 6.92 Å². The van der Waals surface area contributed by atoms with Crippen LogP contribution in [0, 0.1) is 4.91 Å². The highest BCUT2D eigenvalue weighted by atomic mass is 32.2. The molecule has 0 spiro atoms. The molecule has 0 unspecified atom stereocenters. The fraction of sp³-hybridized carbons (Fsp3) is 1.00. The zero-order valence-corrected chi connectivity index (χ0v) is 4.20. The molecular formula is C2H5NO2S. The molecule has 0 aliphatic carbocycles. The molecule has 0 aromatic rings. The lowest BCUT2D eigenvalue weighted by molar-refractivity contribution is 0.402. The monoisotopic (exact) mass is 107 g/mol. The van der Waals surface area contributed by atoms with Gasteiger partial charge in [0.05, 0.1) is 6.61 Å². The molecule has 0 atom stereocenters. The zero-order valence-electron chi connectivity index (χ0n) is 3.38. The van der Waals surface area contributed by atoms with Crippen LogP contribution >= 0.6 is 12.2 Å². The molecule has 0 heterocycles. The minimum Gasteiger partial charge on any atom is -0.293 e. The summed E-state index contributed by atoms with van der Waals surface area (Å²) in [5, 5.41) is 0. The van der Waals surface area contributed by atoms with Crippen LogP contribution in [0.25, 0.3) is 0 Å². The average Bonchev–Trinajstić information content (AvgIpc) is 1.61. The summed E-state index contributed by atoms with van der Waals surface area (Å²) in [6.45, 7) is 2.31. The van der Waals surface area contributed by atoms with Gasteiger partial charge in [0.15, 0.2) is 12.2 Å². The maximum absolute atomic E-state index is 9.15. The van der Waals surface area contributed by atoms with Crippen molar-refractivity contribution in [2.24, 2.45) is 4.58 Å². The van der Waals surface area contributed by atoms with Gasteiger partial charge < -0.3 is 0 Å². The molecule has 3 nitrogen and oxygen atoms in total. The van der Waals surface area contributed by atoms with E-state index in [1.165, 1.54) is 0 Å². The fourth-order valence-electron chi connectivity index (χ4n) is 0.0742. The summed E-state index contributed by atoms with van der Waals surface area (Å²) in [7, 11) is 0. The predicted octanol–water partition coefficient (Wildman–Crippen LogP) is 1.35. The Hall–Kier alpha value is -0.0900. The van der Waals surface area contributed by atoms with Crippen molar-refractivity contribution in [2.75, 3.05) is 6.61 Å². The van der Waals surface area contributed by atoms with E-state index in [4.69, 9.17) is 4.91 Å². The van der Waals surface area contributed by atoms with E-state index in [9.17, 15) is 0 Å². The first-order chi connectivity index (χ1) is 2.91. The summed E-state index contributed by atoms with van der Waals surface area (Å²) in [4.78, 5) is 9.15. The molecule has 0 N–H and O–H groups in total. The molecule has 0 fully saturated rings. The van der Waals surface area contributed by atoms with Gasteiger partial charge in [-0.3, -0.25) is 4.18 Å². The maximum Gasteiger partial charge on any atom is 0.181 e. The molecule has 6 heavy (non-hydrogen) atoms. The quantitative estimate of drug-likeness (QED) is 0.236. The lowest BCUT2D eigenvalue weighted by Gasteiger charge is -1.81. The summed E-state index contributed by atoms with van der Waals surface area (Å²) in [6, 6.07) is 0. The Bertz CT molecular complexity index is 40.5. The van der Waals surface area contributed by atoms with Crippen molar-refractivity contribution in [3.8, 4) is 0 Å². The van der Waals surface area contributed by atoms with Crippen molar-refractivity contribution in [2.45, 2.75) is 6.92 Å². The molecule has 0 aromatic carbocycles. The molecule has 36 valence electrons. The summed E-state index contributed by atoms with van der Waals surface area (Å²) >= 11 is 0.578. The molecule has 0 radical (unpaired) electrons. The first-order valence-electron chi connectivity index (χ1n) is 1.53. The van der Waals surface area contributed by atoms with Crippen molar-refractivity contribution in [1.29, 1.82) is 0 Å². The highest BCUT2D eigenvalue weighted by Crippen LogP contribution is 1.99. The van der Waals surface area contributed by atoms with Crippen LogP contribution in [0.4, 0.5) is 0 Å². The second-order valence-corrected chi connectivity index (χ2v) is 1.09. The van der Waals surface area contributed by atoms with Gasteiger partial charge in [0.1, 0.15) is 0 Å². The van der Waals surface area contributed by atoms with E-state index < -0.39 is 0 Å². The third-order valence-corrected chi connectivity index (χ3v) is 0.603. The molecule has 0 bridgehead atoms. The van der Waals surface area contributed by atoms with Gasteiger partial charge in [-0.15, -0.1) is 4.91 Å². The van der Waals surface area contributed by atoms with Crippen molar-refractivity contribution in [3.63, 3.8) is 0 Å². The predicted molar refractivity (Wildman–Crippen MR) is 25.0 cm³/mol. The molecular weight excluding hydrogens is 102 g/mol. The van der Waals surface area contributed by atoms with Crippen LogP contribution in [-0.4, -0.2) is 6.61 Å². The van der Waals surface area contributed by atoms with Gasteiger partial charge in [-0.2, -0.15) is 0 Å². The average molecular weight is 107 g/mol. The van der Waals surface area contributed by atoms with Crippen LogP contribution in [-0.2, 0) is 4.18 Å². The Morgan fingerprint density at radius 3 is 2.83 bits per heavy atom. The topological polar surface area (TPSA) is 38.7 Å². The van der Waals surface area contributed by atoms with Gasteiger partial charge in [-0.1, -0.05) is 0 Å². The number of hydrogen-bond acceptors (Lipinski definition) is 4. The molecule has 0 aliphatic heterocycles. The number of nitrogens with zero attached hydrogens (tertiary/aromatic N) is 1. The largest absolute Gasteiger partial charge is 0.293 e. The zero-order chi connectivity index (χ0) is 4.83. The Kier molecular flexibility index (Phi) is 4.84. The van der Waals surface area contributed by atoms with Crippen LogP contribution in [0.15, 0.2) is 4.58 Å². The Balaban J connectivity index is 2.49. The van der Waals surface area contributed by atoms with E-state index in [0.717, 1.165) is 0 Å². The molecule has 0 saturated carbocycles. The molecule has 0 aliphatic rings. The van der Waals surface area contributed by atoms with Gasteiger partial charge in [0, 0.05) is 4.58 Å². The maximum atomic E-state index is 9.15. The van der Waals surface area contributed by atoms with Crippen LogP contribution in [0.2, 0.25) is 0 Å². The Labute approximate surface area is 40.4 Å². The minimum absolute atomic E-state index is 0.524. The first kappa shape index (κ1) is 5.91. The minimum atomic E-state index is 0.524. The summed E-state index contributed by atoms with van der Waals surface area (Å²) in [6.07, 6.45) is 0. The fourth-order valence-corrected chi connectivity index (χ4v) is 0.223. The lowest BCUT2D eigenvalue weighted by Crippen LogP contribution is -1.70. The van der Waals surface area contributed by atoms with Crippen LogP contribution in [0.3, 0.4) is 0 Å². The molecule has 0 aromatic heterocycles.